The van der Waals surface area contributed by atoms with Crippen LogP contribution >= 0.6 is 0 Å². The van der Waals surface area contributed by atoms with Crippen LogP contribution in [-0.2, 0) is 4.79 Å². The van der Waals surface area contributed by atoms with E-state index in [1.165, 1.54) is 24.3 Å². The minimum atomic E-state index is -4.81. The van der Waals surface area contributed by atoms with Gasteiger partial charge in [-0.3, -0.25) is 4.79 Å². The maximum Gasteiger partial charge on any atom is 0.394 e. The number of benzene rings is 1. The van der Waals surface area contributed by atoms with E-state index < -0.39 is 55.6 Å². The Bertz CT molecular complexity index is 623. The molecule has 0 aliphatic carbocycles. The summed E-state index contributed by atoms with van der Waals surface area (Å²) in [7, 11) is 0. The number of hydrogen-bond donors (Lipinski definition) is 2. The molecule has 1 aliphatic rings. The van der Waals surface area contributed by atoms with Crippen molar-refractivity contribution in [1.29, 1.82) is 0 Å². The largest absolute Gasteiger partial charge is 0.481 e. The molecule has 0 aromatic heterocycles. The summed E-state index contributed by atoms with van der Waals surface area (Å²) >= 11 is 0. The zero-order valence-electron chi connectivity index (χ0n) is 12.7. The number of amides is 2. The summed E-state index contributed by atoms with van der Waals surface area (Å²) < 4.78 is 65.2. The molecule has 3 atom stereocenters. The first kappa shape index (κ1) is 18.9. The fraction of sp³-hybridized carbons (Fsp3) is 0.467. The Morgan fingerprint density at radius 1 is 1.16 bits per heavy atom. The van der Waals surface area contributed by atoms with Crippen molar-refractivity contribution in [3.8, 4) is 0 Å². The van der Waals surface area contributed by atoms with Crippen molar-refractivity contribution in [3.63, 3.8) is 0 Å². The third-order valence-electron chi connectivity index (χ3n) is 4.03. The molecule has 5 nitrogen and oxygen atoms in total. The van der Waals surface area contributed by atoms with Crippen LogP contribution in [0.15, 0.2) is 30.3 Å². The molecule has 1 aromatic rings. The van der Waals surface area contributed by atoms with Gasteiger partial charge in [0.25, 0.3) is 6.43 Å². The third kappa shape index (κ3) is 4.37. The Hall–Kier alpha value is -2.39. The van der Waals surface area contributed by atoms with E-state index in [4.69, 9.17) is 5.11 Å². The first-order chi connectivity index (χ1) is 11.6. The lowest BCUT2D eigenvalue weighted by Gasteiger charge is -2.23. The van der Waals surface area contributed by atoms with Gasteiger partial charge in [0, 0.05) is 13.1 Å². The Kier molecular flexibility index (Phi) is 5.48. The van der Waals surface area contributed by atoms with Crippen LogP contribution in [-0.4, -0.2) is 47.7 Å². The van der Waals surface area contributed by atoms with Crippen LogP contribution in [0.3, 0.4) is 0 Å². The van der Waals surface area contributed by atoms with Crippen LogP contribution in [0.1, 0.15) is 11.6 Å². The van der Waals surface area contributed by atoms with Crippen LogP contribution < -0.4 is 5.32 Å². The SMILES string of the molecule is O=C(O)[C@@H]1CN(C(=O)NC(c2ccccc2)C(F)F)C[C@H]1C(F)(F)F. The number of likely N-dealkylation sites (tertiary alicyclic amines) is 1. The summed E-state index contributed by atoms with van der Waals surface area (Å²) in [5, 5.41) is 10.9. The monoisotopic (exact) mass is 366 g/mol. The van der Waals surface area contributed by atoms with Gasteiger partial charge < -0.3 is 15.3 Å². The van der Waals surface area contributed by atoms with E-state index in [0.717, 1.165) is 0 Å². The minimum absolute atomic E-state index is 0.0900. The molecule has 10 heteroatoms. The van der Waals surface area contributed by atoms with E-state index in [2.05, 4.69) is 0 Å². The number of nitrogens with one attached hydrogen (secondary N) is 1. The number of nitrogens with zero attached hydrogens (tertiary/aromatic N) is 1. The number of carboxylic acids is 1. The Morgan fingerprint density at radius 3 is 2.20 bits per heavy atom. The number of carbonyl (C=O) groups excluding carboxylic acids is 1. The second-order valence-corrected chi connectivity index (χ2v) is 5.67. The standard InChI is InChI=1S/C15H15F5N2O3/c16-12(17)11(8-4-2-1-3-5-8)21-14(25)22-6-9(13(23)24)10(7-22)15(18,19)20/h1-5,9-12H,6-7H2,(H,21,25)(H,23,24)/t9-,10-,11?/m1/s1. The zero-order valence-corrected chi connectivity index (χ0v) is 12.7. The van der Waals surface area contributed by atoms with E-state index in [-0.39, 0.29) is 5.56 Å². The van der Waals surface area contributed by atoms with Crippen molar-refractivity contribution in [2.75, 3.05) is 13.1 Å². The van der Waals surface area contributed by atoms with Crippen molar-refractivity contribution < 1.29 is 36.6 Å². The van der Waals surface area contributed by atoms with Gasteiger partial charge in [0.15, 0.2) is 0 Å². The predicted molar refractivity (Wildman–Crippen MR) is 76.0 cm³/mol. The summed E-state index contributed by atoms with van der Waals surface area (Å²) in [6, 6.07) is 4.37. The van der Waals surface area contributed by atoms with Gasteiger partial charge in [0.2, 0.25) is 0 Å². The number of carboxylic acid groups (broad SMARTS) is 1. The van der Waals surface area contributed by atoms with Gasteiger partial charge >= 0.3 is 18.2 Å². The predicted octanol–water partition coefficient (Wildman–Crippen LogP) is 2.90. The number of hydrogen-bond acceptors (Lipinski definition) is 2. The molecule has 2 N–H and O–H groups in total. The van der Waals surface area contributed by atoms with Gasteiger partial charge in [-0.25, -0.2) is 13.6 Å². The number of urea groups is 1. The molecule has 0 saturated carbocycles. The van der Waals surface area contributed by atoms with E-state index >= 15 is 0 Å². The fourth-order valence-corrected chi connectivity index (χ4v) is 2.73. The van der Waals surface area contributed by atoms with Crippen LogP contribution in [0.5, 0.6) is 0 Å². The molecule has 2 amide bonds. The zero-order chi connectivity index (χ0) is 18.8. The molecule has 1 unspecified atom stereocenters. The topological polar surface area (TPSA) is 69.6 Å². The molecule has 0 radical (unpaired) electrons. The maximum atomic E-state index is 13.2. The smallest absolute Gasteiger partial charge is 0.394 e. The summed E-state index contributed by atoms with van der Waals surface area (Å²) in [5.41, 5.74) is 0.0900. The number of rotatable bonds is 4. The van der Waals surface area contributed by atoms with Crippen LogP contribution in [0.4, 0.5) is 26.7 Å². The lowest BCUT2D eigenvalue weighted by molar-refractivity contribution is -0.187. The van der Waals surface area contributed by atoms with Crippen LogP contribution in [0, 0.1) is 11.8 Å². The van der Waals surface area contributed by atoms with Crippen molar-refractivity contribution >= 4 is 12.0 Å². The van der Waals surface area contributed by atoms with E-state index in [1.807, 2.05) is 5.32 Å². The normalized spacial score (nSPS) is 22.1. The molecule has 1 aromatic carbocycles. The average molecular weight is 366 g/mol. The molecular weight excluding hydrogens is 351 g/mol. The summed E-state index contributed by atoms with van der Waals surface area (Å²) in [5.74, 6) is -5.75. The van der Waals surface area contributed by atoms with E-state index in [9.17, 15) is 31.5 Å². The second-order valence-electron chi connectivity index (χ2n) is 5.67. The molecule has 2 rings (SSSR count). The molecular formula is C15H15F5N2O3. The quantitative estimate of drug-likeness (QED) is 0.805. The average Bonchev–Trinajstić information content (AvgIpc) is 2.99. The molecule has 1 heterocycles. The van der Waals surface area contributed by atoms with Gasteiger partial charge in [-0.1, -0.05) is 30.3 Å². The van der Waals surface area contributed by atoms with Crippen molar-refractivity contribution in [1.82, 2.24) is 10.2 Å². The highest BCUT2D eigenvalue weighted by Gasteiger charge is 2.53. The molecule has 1 fully saturated rings. The molecule has 1 aliphatic heterocycles. The fourth-order valence-electron chi connectivity index (χ4n) is 2.73. The Balaban J connectivity index is 2.13. The van der Waals surface area contributed by atoms with Crippen molar-refractivity contribution in [3.05, 3.63) is 35.9 Å². The number of aliphatic carboxylic acids is 1. The van der Waals surface area contributed by atoms with E-state index in [0.29, 0.717) is 4.90 Å². The Morgan fingerprint density at radius 2 is 1.76 bits per heavy atom. The van der Waals surface area contributed by atoms with Gasteiger partial charge in [-0.05, 0) is 5.56 Å². The van der Waals surface area contributed by atoms with Crippen LogP contribution in [0.25, 0.3) is 0 Å². The molecule has 0 bridgehead atoms. The first-order valence-electron chi connectivity index (χ1n) is 7.29. The maximum absolute atomic E-state index is 13.2. The highest BCUT2D eigenvalue weighted by Crippen LogP contribution is 2.38. The van der Waals surface area contributed by atoms with Gasteiger partial charge in [0.05, 0.1) is 11.8 Å². The summed E-state index contributed by atoms with van der Waals surface area (Å²) in [4.78, 5) is 23.7. The van der Waals surface area contributed by atoms with Crippen molar-refractivity contribution in [2.24, 2.45) is 11.8 Å². The Labute approximate surface area is 139 Å². The molecule has 0 spiro atoms. The van der Waals surface area contributed by atoms with Gasteiger partial charge in [0.1, 0.15) is 6.04 Å². The summed E-state index contributed by atoms with van der Waals surface area (Å²) in [6.45, 7) is -1.59. The molecule has 138 valence electrons. The first-order valence-corrected chi connectivity index (χ1v) is 7.29. The number of halogens is 5. The molecule has 1 saturated heterocycles. The molecule has 25 heavy (non-hydrogen) atoms. The van der Waals surface area contributed by atoms with Crippen LogP contribution in [0.2, 0.25) is 0 Å². The lowest BCUT2D eigenvalue weighted by Crippen LogP contribution is -2.43. The summed E-state index contributed by atoms with van der Waals surface area (Å²) in [6.07, 6.45) is -7.79. The van der Waals surface area contributed by atoms with Gasteiger partial charge in [-0.2, -0.15) is 13.2 Å². The lowest BCUT2D eigenvalue weighted by atomic mass is 9.96. The van der Waals surface area contributed by atoms with Gasteiger partial charge in [-0.15, -0.1) is 0 Å². The minimum Gasteiger partial charge on any atom is -0.481 e. The highest BCUT2D eigenvalue weighted by atomic mass is 19.4. The number of carbonyl (C=O) groups is 2. The van der Waals surface area contributed by atoms with E-state index in [1.54, 1.807) is 6.07 Å². The highest BCUT2D eigenvalue weighted by molar-refractivity contribution is 5.78. The van der Waals surface area contributed by atoms with Crippen molar-refractivity contribution in [2.45, 2.75) is 18.6 Å². The second kappa shape index (κ2) is 7.24. The third-order valence-corrected chi connectivity index (χ3v) is 4.03. The number of alkyl halides is 5.